The predicted molar refractivity (Wildman–Crippen MR) is 127 cm³/mol. The lowest BCUT2D eigenvalue weighted by Crippen LogP contribution is -2.43. The van der Waals surface area contributed by atoms with Crippen LogP contribution in [0.1, 0.15) is 12.8 Å². The molecule has 200 valence electrons. The molecule has 4 heterocycles. The van der Waals surface area contributed by atoms with Gasteiger partial charge in [0.05, 0.1) is 28.8 Å². The number of benzene rings is 1. The lowest BCUT2D eigenvalue weighted by molar-refractivity contribution is -0.192. The first-order valence-electron chi connectivity index (χ1n) is 11.2. The number of carboxylic acid groups (broad SMARTS) is 1. The van der Waals surface area contributed by atoms with Crippen LogP contribution in [-0.2, 0) is 4.79 Å². The molecule has 1 aromatic carbocycles. The van der Waals surface area contributed by atoms with E-state index in [9.17, 15) is 22.0 Å². The second-order valence-electron chi connectivity index (χ2n) is 8.28. The number of alkyl halides is 3. The van der Waals surface area contributed by atoms with E-state index in [-0.39, 0.29) is 17.3 Å². The fraction of sp³-hybridized carbons (Fsp3) is 0.261. The van der Waals surface area contributed by atoms with E-state index in [1.807, 2.05) is 6.07 Å². The van der Waals surface area contributed by atoms with Gasteiger partial charge in [0.15, 0.2) is 5.65 Å². The van der Waals surface area contributed by atoms with E-state index >= 15 is 0 Å². The van der Waals surface area contributed by atoms with Gasteiger partial charge in [0, 0.05) is 25.3 Å². The van der Waals surface area contributed by atoms with Crippen LogP contribution in [0.4, 0.5) is 39.3 Å². The first-order valence-corrected chi connectivity index (χ1v) is 11.2. The van der Waals surface area contributed by atoms with Crippen molar-refractivity contribution in [3.63, 3.8) is 0 Å². The molecule has 1 aliphatic heterocycles. The number of hydrogen-bond acceptors (Lipinski definition) is 8. The summed E-state index contributed by atoms with van der Waals surface area (Å²) in [6.45, 7) is 1.64. The van der Waals surface area contributed by atoms with Crippen LogP contribution in [0.5, 0.6) is 0 Å². The van der Waals surface area contributed by atoms with Crippen molar-refractivity contribution in [2.75, 3.05) is 23.3 Å². The molecular weight excluding hydrogens is 515 g/mol. The largest absolute Gasteiger partial charge is 0.490 e. The third-order valence-electron chi connectivity index (χ3n) is 5.57. The van der Waals surface area contributed by atoms with Crippen molar-refractivity contribution in [1.82, 2.24) is 24.8 Å². The summed E-state index contributed by atoms with van der Waals surface area (Å²) in [5.74, 6) is -3.83. The molecule has 3 aromatic heterocycles. The van der Waals surface area contributed by atoms with E-state index in [4.69, 9.17) is 15.6 Å². The predicted octanol–water partition coefficient (Wildman–Crippen LogP) is 3.77. The highest BCUT2D eigenvalue weighted by Gasteiger charge is 2.38. The van der Waals surface area contributed by atoms with Gasteiger partial charge in [-0.15, -0.1) is 10.2 Å². The minimum atomic E-state index is -5.08. The third-order valence-corrected chi connectivity index (χ3v) is 5.57. The van der Waals surface area contributed by atoms with Crippen LogP contribution >= 0.6 is 0 Å². The number of rotatable bonds is 4. The number of aliphatic carboxylic acids is 1. The van der Waals surface area contributed by atoms with Crippen LogP contribution in [0.15, 0.2) is 48.8 Å². The number of halogens is 5. The molecule has 1 saturated heterocycles. The van der Waals surface area contributed by atoms with Gasteiger partial charge in [0.1, 0.15) is 11.6 Å². The zero-order valence-corrected chi connectivity index (χ0v) is 19.5. The fourth-order valence-corrected chi connectivity index (χ4v) is 3.85. The first-order chi connectivity index (χ1) is 18.0. The highest BCUT2D eigenvalue weighted by Crippen LogP contribution is 2.30. The van der Waals surface area contributed by atoms with Crippen LogP contribution in [0.25, 0.3) is 16.9 Å². The van der Waals surface area contributed by atoms with Crippen LogP contribution in [0.3, 0.4) is 0 Å². The van der Waals surface area contributed by atoms with Crippen molar-refractivity contribution in [3.8, 4) is 11.3 Å². The average molecular weight is 536 g/mol. The Morgan fingerprint density at radius 3 is 2.47 bits per heavy atom. The van der Waals surface area contributed by atoms with Crippen LogP contribution < -0.4 is 16.0 Å². The number of carbonyl (C=O) groups is 1. The Kier molecular flexibility index (Phi) is 7.66. The second kappa shape index (κ2) is 10.9. The fourth-order valence-electron chi connectivity index (χ4n) is 3.85. The lowest BCUT2D eigenvalue weighted by Gasteiger charge is -2.33. The summed E-state index contributed by atoms with van der Waals surface area (Å²) in [5.41, 5.74) is 8.18. The quantitative estimate of drug-likeness (QED) is 0.333. The minimum Gasteiger partial charge on any atom is -0.475 e. The second-order valence-corrected chi connectivity index (χ2v) is 8.28. The van der Waals surface area contributed by atoms with Gasteiger partial charge in [0.25, 0.3) is 5.95 Å². The maximum atomic E-state index is 14.2. The number of fused-ring (bicyclic) bond motifs is 1. The van der Waals surface area contributed by atoms with Crippen molar-refractivity contribution in [2.45, 2.75) is 25.1 Å². The Bertz CT molecular complexity index is 1420. The van der Waals surface area contributed by atoms with E-state index in [2.05, 4.69) is 30.5 Å². The molecule has 0 bridgehead atoms. The molecule has 10 nitrogen and oxygen atoms in total. The Hall–Kier alpha value is -4.40. The standard InChI is InChI=1S/C21H20F2N8.C2HF3O2/c22-14-4-1-5-15(23)20(14)16-6-7-19-27-28-21(31(19)29-16)26-17-11-25-9-8-18(17)30-10-2-3-13(24)12-30;3-2(4,5)1(6)7/h1,4-9,11,13H,2-3,10,12,24H2,(H,26,28);(H,6,7). The van der Waals surface area contributed by atoms with Crippen molar-refractivity contribution in [3.05, 3.63) is 60.4 Å². The van der Waals surface area contributed by atoms with E-state index in [1.54, 1.807) is 18.5 Å². The zero-order valence-electron chi connectivity index (χ0n) is 19.5. The van der Waals surface area contributed by atoms with Crippen molar-refractivity contribution >= 4 is 28.9 Å². The summed E-state index contributed by atoms with van der Waals surface area (Å²) >= 11 is 0. The molecule has 0 saturated carbocycles. The molecule has 0 aliphatic carbocycles. The van der Waals surface area contributed by atoms with Gasteiger partial charge in [-0.25, -0.2) is 13.6 Å². The summed E-state index contributed by atoms with van der Waals surface area (Å²) in [5, 5.41) is 23.0. The molecule has 1 fully saturated rings. The minimum absolute atomic E-state index is 0.114. The molecular formula is C23H21F5N8O2. The van der Waals surface area contributed by atoms with Gasteiger partial charge in [-0.2, -0.15) is 22.8 Å². The average Bonchev–Trinajstić information content (AvgIpc) is 3.26. The normalized spacial score (nSPS) is 15.6. The summed E-state index contributed by atoms with van der Waals surface area (Å²) < 4.78 is 61.6. The molecule has 0 radical (unpaired) electrons. The summed E-state index contributed by atoms with van der Waals surface area (Å²) in [4.78, 5) is 15.3. The van der Waals surface area contributed by atoms with Gasteiger partial charge < -0.3 is 21.1 Å². The Labute approximate surface area is 211 Å². The molecule has 5 rings (SSSR count). The Morgan fingerprint density at radius 2 is 1.82 bits per heavy atom. The molecule has 4 aromatic rings. The number of piperidine rings is 1. The zero-order chi connectivity index (χ0) is 27.4. The van der Waals surface area contributed by atoms with Crippen LogP contribution in [0.2, 0.25) is 0 Å². The van der Waals surface area contributed by atoms with Gasteiger partial charge >= 0.3 is 12.1 Å². The maximum Gasteiger partial charge on any atom is 0.490 e. The first kappa shape index (κ1) is 26.7. The highest BCUT2D eigenvalue weighted by atomic mass is 19.4. The van der Waals surface area contributed by atoms with Crippen LogP contribution in [-0.4, -0.2) is 61.2 Å². The van der Waals surface area contributed by atoms with Crippen molar-refractivity contribution in [1.29, 1.82) is 0 Å². The van der Waals surface area contributed by atoms with Crippen molar-refractivity contribution in [2.24, 2.45) is 5.73 Å². The van der Waals surface area contributed by atoms with Gasteiger partial charge in [-0.3, -0.25) is 4.98 Å². The number of anilines is 3. The Balaban J connectivity index is 0.000000426. The summed E-state index contributed by atoms with van der Waals surface area (Å²) in [7, 11) is 0. The van der Waals surface area contributed by atoms with Gasteiger partial charge in [0.2, 0.25) is 0 Å². The molecule has 1 atom stereocenters. The smallest absolute Gasteiger partial charge is 0.475 e. The van der Waals surface area contributed by atoms with Crippen molar-refractivity contribution < 1.29 is 31.9 Å². The number of nitrogens with one attached hydrogen (secondary N) is 1. The van der Waals surface area contributed by atoms with E-state index in [1.165, 1.54) is 28.8 Å². The number of carboxylic acids is 1. The van der Waals surface area contributed by atoms with Gasteiger partial charge in [-0.1, -0.05) is 6.07 Å². The number of hydrogen-bond donors (Lipinski definition) is 3. The molecule has 0 amide bonds. The maximum absolute atomic E-state index is 14.2. The molecule has 38 heavy (non-hydrogen) atoms. The van der Waals surface area contributed by atoms with E-state index in [0.717, 1.165) is 37.3 Å². The molecule has 4 N–H and O–H groups in total. The monoisotopic (exact) mass is 536 g/mol. The molecule has 1 unspecified atom stereocenters. The third kappa shape index (κ3) is 5.94. The molecule has 0 spiro atoms. The lowest BCUT2D eigenvalue weighted by atomic mass is 10.1. The summed E-state index contributed by atoms with van der Waals surface area (Å²) in [6.07, 6.45) is 0.338. The molecule has 15 heteroatoms. The molecule has 1 aliphatic rings. The van der Waals surface area contributed by atoms with Crippen LogP contribution in [0, 0.1) is 11.6 Å². The number of nitrogens with zero attached hydrogens (tertiary/aromatic N) is 6. The summed E-state index contributed by atoms with van der Waals surface area (Å²) in [6, 6.07) is 8.86. The number of aromatic nitrogens is 5. The topological polar surface area (TPSA) is 135 Å². The SMILES string of the molecule is NC1CCCN(c2ccncc2Nc2nnc3ccc(-c4c(F)cccc4F)nn23)C1.O=C(O)C(F)(F)F. The number of pyridine rings is 1. The Morgan fingerprint density at radius 1 is 1.11 bits per heavy atom. The van der Waals surface area contributed by atoms with E-state index < -0.39 is 23.8 Å². The highest BCUT2D eigenvalue weighted by molar-refractivity contribution is 5.74. The number of nitrogens with two attached hydrogens (primary N) is 1. The van der Waals surface area contributed by atoms with Gasteiger partial charge in [-0.05, 0) is 43.2 Å². The van der Waals surface area contributed by atoms with E-state index in [0.29, 0.717) is 11.6 Å².